The van der Waals surface area contributed by atoms with E-state index in [0.717, 1.165) is 44.3 Å². The maximum atomic E-state index is 12.4. The van der Waals surface area contributed by atoms with Crippen LogP contribution in [0.5, 0.6) is 0 Å². The molecule has 2 fully saturated rings. The zero-order chi connectivity index (χ0) is 17.2. The van der Waals surface area contributed by atoms with Gasteiger partial charge >= 0.3 is 0 Å². The molecule has 1 amide bonds. The highest BCUT2D eigenvalue weighted by atomic mass is 35.5. The molecule has 0 aromatic heterocycles. The fourth-order valence-electron chi connectivity index (χ4n) is 2.95. The number of nitrogens with one attached hydrogen (secondary N) is 3. The number of aryl methyl sites for hydroxylation is 1. The molecule has 1 aliphatic heterocycles. The van der Waals surface area contributed by atoms with Gasteiger partial charge in [-0.3, -0.25) is 4.79 Å². The van der Waals surface area contributed by atoms with Crippen molar-refractivity contribution in [3.05, 3.63) is 29.3 Å². The fraction of sp³-hybridized carbons (Fsp3) is 0.588. The summed E-state index contributed by atoms with van der Waals surface area (Å²) in [4.78, 5) is 12.6. The molecule has 3 N–H and O–H groups in total. The molecule has 1 aromatic carbocycles. The second-order valence-electron chi connectivity index (χ2n) is 6.78. The Kier molecular flexibility index (Phi) is 6.85. The first-order valence-corrected chi connectivity index (χ1v) is 10.1. The van der Waals surface area contributed by atoms with Crippen molar-refractivity contribution >= 4 is 28.3 Å². The minimum absolute atomic E-state index is 0. The number of rotatable bonds is 7. The van der Waals surface area contributed by atoms with Gasteiger partial charge < -0.3 is 10.6 Å². The third kappa shape index (κ3) is 5.41. The van der Waals surface area contributed by atoms with Crippen LogP contribution >= 0.6 is 12.4 Å². The minimum Gasteiger partial charge on any atom is -0.352 e. The molecule has 140 valence electrons. The van der Waals surface area contributed by atoms with Crippen LogP contribution in [-0.2, 0) is 10.0 Å². The van der Waals surface area contributed by atoms with Gasteiger partial charge in [-0.2, -0.15) is 0 Å². The maximum Gasteiger partial charge on any atom is 0.251 e. The average Bonchev–Trinajstić information content (AvgIpc) is 3.18. The number of carbonyl (C=O) groups is 1. The molecule has 1 atom stereocenters. The van der Waals surface area contributed by atoms with Crippen LogP contribution in [0.1, 0.15) is 41.6 Å². The average molecular weight is 388 g/mol. The second kappa shape index (κ2) is 8.49. The number of amides is 1. The van der Waals surface area contributed by atoms with Crippen LogP contribution in [0.4, 0.5) is 0 Å². The minimum atomic E-state index is -3.54. The number of hydrogen-bond donors (Lipinski definition) is 3. The predicted molar refractivity (Wildman–Crippen MR) is 99.7 cm³/mol. The molecule has 1 heterocycles. The molecule has 0 radical (unpaired) electrons. The molecule has 1 saturated carbocycles. The van der Waals surface area contributed by atoms with E-state index in [-0.39, 0.29) is 29.3 Å². The fourth-order valence-corrected chi connectivity index (χ4v) is 4.28. The lowest BCUT2D eigenvalue weighted by atomic mass is 10.0. The smallest absolute Gasteiger partial charge is 0.251 e. The summed E-state index contributed by atoms with van der Waals surface area (Å²) in [6.07, 6.45) is 3.86. The lowest BCUT2D eigenvalue weighted by molar-refractivity contribution is 0.0951. The molecule has 1 aromatic rings. The Morgan fingerprint density at radius 2 is 2.04 bits per heavy atom. The summed E-state index contributed by atoms with van der Waals surface area (Å²) < 4.78 is 27.3. The van der Waals surface area contributed by atoms with Crippen LogP contribution in [0.15, 0.2) is 23.1 Å². The zero-order valence-electron chi connectivity index (χ0n) is 14.4. The standard InChI is InChI=1S/C17H25N3O3S.ClH/c1-12-2-5-15(24(22,23)20-14-3-4-14)10-16(12)17(21)19-9-7-13-6-8-18-11-13;/h2,5,10,13-14,18,20H,3-4,6-9,11H2,1H3,(H,19,21);1H. The predicted octanol–water partition coefficient (Wildman–Crippen LogP) is 1.59. The van der Waals surface area contributed by atoms with Crippen molar-refractivity contribution in [1.29, 1.82) is 0 Å². The van der Waals surface area contributed by atoms with Crippen molar-refractivity contribution in [1.82, 2.24) is 15.4 Å². The van der Waals surface area contributed by atoms with Crippen LogP contribution < -0.4 is 15.4 Å². The van der Waals surface area contributed by atoms with E-state index in [1.165, 1.54) is 6.07 Å². The number of sulfonamides is 1. The summed E-state index contributed by atoms with van der Waals surface area (Å²) in [5, 5.41) is 6.23. The molecule has 1 saturated heterocycles. The summed E-state index contributed by atoms with van der Waals surface area (Å²) in [5.41, 5.74) is 1.21. The Hall–Kier alpha value is -1.15. The summed E-state index contributed by atoms with van der Waals surface area (Å²) in [6.45, 7) is 4.49. The van der Waals surface area contributed by atoms with E-state index < -0.39 is 10.0 Å². The molecule has 1 unspecified atom stereocenters. The van der Waals surface area contributed by atoms with Crippen molar-refractivity contribution < 1.29 is 13.2 Å². The quantitative estimate of drug-likeness (QED) is 0.663. The van der Waals surface area contributed by atoms with Gasteiger partial charge in [0.2, 0.25) is 10.0 Å². The number of benzene rings is 1. The van der Waals surface area contributed by atoms with E-state index in [1.54, 1.807) is 12.1 Å². The molecule has 2 aliphatic rings. The lowest BCUT2D eigenvalue weighted by Gasteiger charge is -2.12. The van der Waals surface area contributed by atoms with Crippen molar-refractivity contribution in [2.75, 3.05) is 19.6 Å². The highest BCUT2D eigenvalue weighted by Crippen LogP contribution is 2.23. The monoisotopic (exact) mass is 387 g/mol. The Balaban J connectivity index is 0.00000225. The van der Waals surface area contributed by atoms with Gasteiger partial charge in [-0.05, 0) is 69.3 Å². The Morgan fingerprint density at radius 3 is 2.68 bits per heavy atom. The van der Waals surface area contributed by atoms with E-state index in [2.05, 4.69) is 15.4 Å². The SMILES string of the molecule is Cc1ccc(S(=O)(=O)NC2CC2)cc1C(=O)NCCC1CCNC1.Cl. The lowest BCUT2D eigenvalue weighted by Crippen LogP contribution is -2.28. The van der Waals surface area contributed by atoms with Crippen molar-refractivity contribution in [3.8, 4) is 0 Å². The first kappa shape index (κ1) is 20.2. The largest absolute Gasteiger partial charge is 0.352 e. The van der Waals surface area contributed by atoms with E-state index >= 15 is 0 Å². The maximum absolute atomic E-state index is 12.4. The van der Waals surface area contributed by atoms with Gasteiger partial charge in [0.05, 0.1) is 4.90 Å². The topological polar surface area (TPSA) is 87.3 Å². The van der Waals surface area contributed by atoms with E-state index in [9.17, 15) is 13.2 Å². The van der Waals surface area contributed by atoms with Gasteiger partial charge in [-0.1, -0.05) is 6.07 Å². The molecule has 0 spiro atoms. The van der Waals surface area contributed by atoms with Crippen LogP contribution in [-0.4, -0.2) is 40.0 Å². The van der Waals surface area contributed by atoms with Crippen molar-refractivity contribution in [2.45, 2.75) is 43.5 Å². The summed E-state index contributed by atoms with van der Waals surface area (Å²) in [7, 11) is -3.54. The zero-order valence-corrected chi connectivity index (χ0v) is 16.0. The number of halogens is 1. The summed E-state index contributed by atoms with van der Waals surface area (Å²) in [6, 6.07) is 4.78. The number of hydrogen-bond acceptors (Lipinski definition) is 4. The van der Waals surface area contributed by atoms with Crippen LogP contribution in [0, 0.1) is 12.8 Å². The van der Waals surface area contributed by atoms with E-state index in [4.69, 9.17) is 0 Å². The van der Waals surface area contributed by atoms with Gasteiger partial charge in [0.15, 0.2) is 0 Å². The molecular weight excluding hydrogens is 362 g/mol. The molecule has 3 rings (SSSR count). The Bertz CT molecular complexity index is 714. The Morgan fingerprint density at radius 1 is 1.28 bits per heavy atom. The van der Waals surface area contributed by atoms with Gasteiger partial charge in [0.25, 0.3) is 5.91 Å². The summed E-state index contributed by atoms with van der Waals surface area (Å²) in [5.74, 6) is 0.405. The molecule has 8 heteroatoms. The van der Waals surface area contributed by atoms with E-state index in [0.29, 0.717) is 18.0 Å². The van der Waals surface area contributed by atoms with Crippen LogP contribution in [0.2, 0.25) is 0 Å². The Labute approximate surface area is 155 Å². The highest BCUT2D eigenvalue weighted by Gasteiger charge is 2.28. The first-order valence-electron chi connectivity index (χ1n) is 8.57. The second-order valence-corrected chi connectivity index (χ2v) is 8.49. The third-order valence-corrected chi connectivity index (χ3v) is 6.18. The van der Waals surface area contributed by atoms with Crippen molar-refractivity contribution in [2.24, 2.45) is 5.92 Å². The molecule has 0 bridgehead atoms. The third-order valence-electron chi connectivity index (χ3n) is 4.66. The highest BCUT2D eigenvalue weighted by molar-refractivity contribution is 7.89. The number of carbonyl (C=O) groups excluding carboxylic acids is 1. The normalized spacial score (nSPS) is 20.1. The molecule has 1 aliphatic carbocycles. The molecule has 6 nitrogen and oxygen atoms in total. The van der Waals surface area contributed by atoms with Crippen molar-refractivity contribution in [3.63, 3.8) is 0 Å². The molecular formula is C17H26ClN3O3S. The first-order chi connectivity index (χ1) is 11.5. The van der Waals surface area contributed by atoms with Crippen LogP contribution in [0.3, 0.4) is 0 Å². The van der Waals surface area contributed by atoms with Crippen LogP contribution in [0.25, 0.3) is 0 Å². The summed E-state index contributed by atoms with van der Waals surface area (Å²) >= 11 is 0. The van der Waals surface area contributed by atoms with E-state index in [1.807, 2.05) is 6.92 Å². The van der Waals surface area contributed by atoms with Gasteiger partial charge in [0, 0.05) is 18.2 Å². The molecule has 25 heavy (non-hydrogen) atoms. The van der Waals surface area contributed by atoms with Gasteiger partial charge in [0.1, 0.15) is 0 Å². The van der Waals surface area contributed by atoms with Gasteiger partial charge in [-0.25, -0.2) is 13.1 Å². The van der Waals surface area contributed by atoms with Gasteiger partial charge in [-0.15, -0.1) is 12.4 Å².